The molecule has 120 heavy (non-hydrogen) atoms. The van der Waals surface area contributed by atoms with E-state index >= 15 is 0 Å². The molecular formula is C98H81FN14O7. The first kappa shape index (κ1) is 80.5. The van der Waals surface area contributed by atoms with Gasteiger partial charge in [0, 0.05) is 123 Å². The SMILES string of the molecule is CC1(C)Cc2nc3cc(C#Cc4ccccn4)cnc3c(=O)n2C1.CC1CCn2c(nc3cc(C#Cc4ccccn4)ccc3c2=O)C1.CC1Cc2nc3cc(C#Cc4ccccn4)ccc3c(=O)n2C1.COCc1nc2cc(C#Cc3cccc(C)c3)ccc2c(=O)n1C.O=c1c2ccc(C#Cc3cccc(F)c3)cc2nc2n1C(CO)CC2. The Kier molecular flexibility index (Phi) is 24.0. The summed E-state index contributed by atoms with van der Waals surface area (Å²) in [4.78, 5) is 103. The van der Waals surface area contributed by atoms with E-state index in [-0.39, 0.29) is 51.7 Å². The minimum atomic E-state index is -0.325. The molecule has 9 aromatic heterocycles. The van der Waals surface area contributed by atoms with Gasteiger partial charge in [-0.2, -0.15) is 0 Å². The van der Waals surface area contributed by atoms with E-state index in [2.05, 4.69) is 127 Å². The van der Waals surface area contributed by atoms with Crippen LogP contribution >= 0.6 is 0 Å². The fraction of sp³-hybridized carbons (Fsp3) is 0.224. The van der Waals surface area contributed by atoms with Gasteiger partial charge in [-0.15, -0.1) is 0 Å². The van der Waals surface area contributed by atoms with Crippen LogP contribution in [0.3, 0.4) is 0 Å². The van der Waals surface area contributed by atoms with Crippen molar-refractivity contribution in [1.82, 2.24) is 67.7 Å². The molecule has 4 aliphatic heterocycles. The zero-order valence-electron chi connectivity index (χ0n) is 67.2. The number of aromatic nitrogens is 14. The molecule has 0 radical (unpaired) electrons. The first-order chi connectivity index (χ1) is 58.2. The van der Waals surface area contributed by atoms with E-state index in [9.17, 15) is 33.5 Å². The highest BCUT2D eigenvalue weighted by molar-refractivity contribution is 5.83. The number of nitrogens with zero attached hydrogens (tertiary/aromatic N) is 14. The normalized spacial score (nSPS) is 14.7. The summed E-state index contributed by atoms with van der Waals surface area (Å²) in [7, 11) is 3.29. The highest BCUT2D eigenvalue weighted by atomic mass is 19.1. The van der Waals surface area contributed by atoms with Crippen molar-refractivity contribution in [2.45, 2.75) is 105 Å². The van der Waals surface area contributed by atoms with Gasteiger partial charge in [0.2, 0.25) is 0 Å². The first-order valence-electron chi connectivity index (χ1n) is 39.4. The van der Waals surface area contributed by atoms with Crippen molar-refractivity contribution in [2.24, 2.45) is 24.3 Å². The lowest BCUT2D eigenvalue weighted by Gasteiger charge is -2.22. The quantitative estimate of drug-likeness (QED) is 0.161. The number of fused-ring (bicyclic) bond motifs is 9. The summed E-state index contributed by atoms with van der Waals surface area (Å²) in [5.74, 6) is 35.1. The minimum Gasteiger partial charge on any atom is -0.394 e. The second kappa shape index (κ2) is 35.8. The number of pyridine rings is 4. The van der Waals surface area contributed by atoms with Gasteiger partial charge in [0.15, 0.2) is 5.52 Å². The lowest BCUT2D eigenvalue weighted by Crippen LogP contribution is -2.31. The summed E-state index contributed by atoms with van der Waals surface area (Å²) < 4.78 is 26.8. The zero-order chi connectivity index (χ0) is 83.6. The number of halogens is 1. The van der Waals surface area contributed by atoms with Crippen LogP contribution in [-0.2, 0) is 63.7 Å². The molecule has 22 heteroatoms. The maximum Gasteiger partial charge on any atom is 0.280 e. The minimum absolute atomic E-state index is 0.0537. The molecule has 0 bridgehead atoms. The van der Waals surface area contributed by atoms with Gasteiger partial charge in [-0.25, -0.2) is 49.2 Å². The van der Waals surface area contributed by atoms with Gasteiger partial charge < -0.3 is 9.84 Å². The van der Waals surface area contributed by atoms with Gasteiger partial charge in [0.1, 0.15) is 58.6 Å². The number of rotatable bonds is 3. The summed E-state index contributed by atoms with van der Waals surface area (Å²) >= 11 is 0. The van der Waals surface area contributed by atoms with Crippen molar-refractivity contribution < 1.29 is 14.2 Å². The van der Waals surface area contributed by atoms with Gasteiger partial charge in [0.25, 0.3) is 27.8 Å². The Morgan fingerprint density at radius 1 is 0.467 bits per heavy atom. The Morgan fingerprint density at radius 3 is 1.48 bits per heavy atom. The van der Waals surface area contributed by atoms with Crippen molar-refractivity contribution in [3.8, 4) is 59.2 Å². The third kappa shape index (κ3) is 18.7. The Bertz CT molecular complexity index is 7210. The summed E-state index contributed by atoms with van der Waals surface area (Å²) in [6.07, 6.45) is 11.7. The van der Waals surface area contributed by atoms with Crippen molar-refractivity contribution in [1.29, 1.82) is 0 Å². The molecule has 0 fully saturated rings. The molecule has 0 saturated carbocycles. The van der Waals surface area contributed by atoms with Crippen LogP contribution in [0, 0.1) is 89.2 Å². The first-order valence-corrected chi connectivity index (χ1v) is 39.4. The molecule has 19 rings (SSSR count). The zero-order valence-corrected chi connectivity index (χ0v) is 67.2. The monoisotopic (exact) mass is 1580 g/mol. The largest absolute Gasteiger partial charge is 0.394 e. The smallest absolute Gasteiger partial charge is 0.280 e. The number of hydrogen-bond acceptors (Lipinski definition) is 16. The molecule has 3 atom stereocenters. The van der Waals surface area contributed by atoms with Gasteiger partial charge in [-0.1, -0.05) is 106 Å². The molecular weight excluding hydrogens is 1500 g/mol. The number of benzene rings is 6. The van der Waals surface area contributed by atoms with Crippen LogP contribution in [0.4, 0.5) is 4.39 Å². The third-order valence-corrected chi connectivity index (χ3v) is 20.8. The number of aliphatic hydroxyl groups is 1. The maximum absolute atomic E-state index is 13.2. The molecule has 15 aromatic rings. The molecule has 3 unspecified atom stereocenters. The van der Waals surface area contributed by atoms with Crippen molar-refractivity contribution in [3.63, 3.8) is 0 Å². The lowest BCUT2D eigenvalue weighted by atomic mass is 9.92. The van der Waals surface area contributed by atoms with E-state index < -0.39 is 0 Å². The van der Waals surface area contributed by atoms with Crippen molar-refractivity contribution in [2.75, 3.05) is 13.7 Å². The summed E-state index contributed by atoms with van der Waals surface area (Å²) in [6, 6.07) is 54.6. The molecule has 0 saturated heterocycles. The molecule has 592 valence electrons. The summed E-state index contributed by atoms with van der Waals surface area (Å²) in [6.45, 7) is 13.1. The molecule has 0 spiro atoms. The van der Waals surface area contributed by atoms with E-state index in [1.165, 1.54) is 22.3 Å². The van der Waals surface area contributed by atoms with Gasteiger partial charge in [-0.05, 0) is 206 Å². The lowest BCUT2D eigenvalue weighted by molar-refractivity contribution is 0.174. The van der Waals surface area contributed by atoms with E-state index in [0.29, 0.717) is 103 Å². The molecule has 0 amide bonds. The van der Waals surface area contributed by atoms with Crippen LogP contribution in [-0.4, -0.2) is 86.5 Å². The second-order valence-electron chi connectivity index (χ2n) is 30.8. The number of methoxy groups -OCH3 is 1. The predicted octanol–water partition coefficient (Wildman–Crippen LogP) is 12.5. The predicted molar refractivity (Wildman–Crippen MR) is 462 cm³/mol. The number of aliphatic hydroxyl groups excluding tert-OH is 1. The topological polar surface area (TPSA) is 255 Å². The molecule has 4 aliphatic rings. The second-order valence-corrected chi connectivity index (χ2v) is 30.8. The van der Waals surface area contributed by atoms with Crippen molar-refractivity contribution >= 4 is 54.6 Å². The standard InChI is InChI=1S/C20H15FN2O2.C20H17N3O.C20H18N2O2.C19H16N4O.C19H15N3O/c21-15-3-1-2-13(10-15)4-5-14-6-8-17-18(11-14)22-19-9-7-16(12-24)23(19)20(17)25;1-14-9-11-23-19(12-14)22-18-13-15(6-8-17(18)20(23)24)5-7-16-4-2-3-10-21-16;1-14-5-4-6-15(11-14)7-8-16-9-10-17-18(12-16)21-19(13-24-3)22(2)20(17)23;1-19(2)10-16-22-15-9-13(6-7-14-5-3-4-8-20-14)11-21-17(15)18(24)23(16)12-19;1-13-10-18-21-17-11-14(5-7-15-4-2-3-9-20-15)6-8-16(17)19(23)22(18)12-13/h1-3,6,8,10-11,16,24H,7,9,12H2;2-4,6,8,10,13-14H,9,11-12H2,1H3;4-6,9-12H,13H2,1-3H3;3-5,8-9,11H,10,12H2,1-2H3;2-4,6,8-9,11,13H,10,12H2,1H3. The highest BCUT2D eigenvalue weighted by Crippen LogP contribution is 2.31. The van der Waals surface area contributed by atoms with E-state index in [4.69, 9.17) is 9.72 Å². The fourth-order valence-corrected chi connectivity index (χ4v) is 14.7. The molecule has 1 N–H and O–H groups in total. The van der Waals surface area contributed by atoms with E-state index in [1.807, 2.05) is 145 Å². The van der Waals surface area contributed by atoms with Crippen LogP contribution in [0.5, 0.6) is 0 Å². The molecule has 13 heterocycles. The average molecular weight is 1590 g/mol. The number of aryl methyl sites for hydroxylation is 2. The van der Waals surface area contributed by atoms with Gasteiger partial charge in [0.05, 0.1) is 61.8 Å². The number of hydrogen-bond donors (Lipinski definition) is 1. The van der Waals surface area contributed by atoms with Crippen LogP contribution in [0.2, 0.25) is 0 Å². The van der Waals surface area contributed by atoms with Crippen molar-refractivity contribution in [3.05, 3.63) is 355 Å². The third-order valence-electron chi connectivity index (χ3n) is 20.8. The van der Waals surface area contributed by atoms with Crippen LogP contribution in [0.25, 0.3) is 54.6 Å². The fourth-order valence-electron chi connectivity index (χ4n) is 14.7. The summed E-state index contributed by atoms with van der Waals surface area (Å²) in [5, 5.41) is 11.8. The Hall–Kier alpha value is -14.7. The Balaban J connectivity index is 0.000000117. The van der Waals surface area contributed by atoms with Gasteiger partial charge in [-0.3, -0.25) is 46.8 Å². The van der Waals surface area contributed by atoms with Crippen LogP contribution in [0.1, 0.15) is 137 Å². The molecule has 21 nitrogen and oxygen atoms in total. The Morgan fingerprint density at radius 2 is 0.942 bits per heavy atom. The van der Waals surface area contributed by atoms with E-state index in [0.717, 1.165) is 113 Å². The van der Waals surface area contributed by atoms with Gasteiger partial charge >= 0.3 is 0 Å². The highest BCUT2D eigenvalue weighted by Gasteiger charge is 2.32. The number of ether oxygens (including phenoxy) is 1. The average Bonchev–Trinajstić information content (AvgIpc) is 1.73. The van der Waals surface area contributed by atoms with E-state index in [1.54, 1.807) is 89.0 Å². The molecule has 0 aliphatic carbocycles. The van der Waals surface area contributed by atoms with Crippen LogP contribution in [0.15, 0.2) is 231 Å². The summed E-state index contributed by atoms with van der Waals surface area (Å²) in [5.41, 5.74) is 12.4. The molecule has 6 aromatic carbocycles. The van der Waals surface area contributed by atoms with Crippen LogP contribution < -0.4 is 27.8 Å². The maximum atomic E-state index is 13.2. The Labute approximate surface area is 690 Å².